The molecule has 0 N–H and O–H groups in total. The topological polar surface area (TPSA) is 21.6 Å². The largest absolute Gasteiger partial charge is 0.438 e. The molecule has 1 aromatic rings. The molecule has 6 heteroatoms. The molecule has 1 aromatic carbocycles. The third kappa shape index (κ3) is 2.77. The second kappa shape index (κ2) is 4.93. The van der Waals surface area contributed by atoms with Crippen LogP contribution in [0.15, 0.2) is 33.4 Å². The molecule has 0 saturated heterocycles. The number of ether oxygens (including phenoxy) is 1. The minimum absolute atomic E-state index is 0.0619. The van der Waals surface area contributed by atoms with Gasteiger partial charge < -0.3 is 4.74 Å². The minimum Gasteiger partial charge on any atom is -0.438 e. The van der Waals surface area contributed by atoms with Gasteiger partial charge in [0.1, 0.15) is 10.0 Å². The Bertz CT molecular complexity index is 539. The molecule has 1 aliphatic rings. The lowest BCUT2D eigenvalue weighted by Gasteiger charge is -2.13. The summed E-state index contributed by atoms with van der Waals surface area (Å²) < 4.78 is 5.64. The van der Waals surface area contributed by atoms with Crippen LogP contribution < -0.4 is 0 Å². The van der Waals surface area contributed by atoms with Gasteiger partial charge >= 0.3 is 0 Å². The van der Waals surface area contributed by atoms with E-state index in [1.807, 2.05) is 13.8 Å². The lowest BCUT2D eigenvalue weighted by molar-refractivity contribution is 0.381. The minimum atomic E-state index is -0.608. The van der Waals surface area contributed by atoms with E-state index in [2.05, 4.69) is 4.99 Å². The molecule has 0 atom stereocenters. The second-order valence-corrected chi connectivity index (χ2v) is 6.15. The molecule has 0 saturated carbocycles. The lowest BCUT2D eigenvalue weighted by Crippen LogP contribution is -2.16. The predicted octanol–water partition coefficient (Wildman–Crippen LogP) is 5.20. The second-order valence-electron chi connectivity index (χ2n) is 4.33. The zero-order chi connectivity index (χ0) is 13.5. The summed E-state index contributed by atoms with van der Waals surface area (Å²) in [6.07, 6.45) is 0. The van der Waals surface area contributed by atoms with Crippen molar-refractivity contribution in [2.75, 3.05) is 0 Å². The van der Waals surface area contributed by atoms with Gasteiger partial charge in [-0.25, -0.2) is 4.99 Å². The summed E-state index contributed by atoms with van der Waals surface area (Å²) >= 11 is 23.4. The van der Waals surface area contributed by atoms with Gasteiger partial charge in [0.05, 0.1) is 0 Å². The molecule has 1 aliphatic heterocycles. The van der Waals surface area contributed by atoms with E-state index in [9.17, 15) is 0 Å². The maximum atomic E-state index is 5.94. The van der Waals surface area contributed by atoms with Crippen molar-refractivity contribution >= 4 is 52.3 Å². The molecule has 0 unspecified atom stereocenters. The van der Waals surface area contributed by atoms with E-state index in [4.69, 9.17) is 51.1 Å². The Morgan fingerprint density at radius 2 is 1.67 bits per heavy atom. The molecule has 0 aromatic heterocycles. The summed E-state index contributed by atoms with van der Waals surface area (Å²) in [7, 11) is 0. The van der Waals surface area contributed by atoms with Gasteiger partial charge in [0.15, 0.2) is 5.76 Å². The molecule has 0 aliphatic carbocycles. The summed E-state index contributed by atoms with van der Waals surface area (Å²) in [4.78, 5) is 4.43. The van der Waals surface area contributed by atoms with E-state index in [0.29, 0.717) is 27.3 Å². The van der Waals surface area contributed by atoms with Crippen molar-refractivity contribution in [1.29, 1.82) is 0 Å². The summed E-state index contributed by atoms with van der Waals surface area (Å²) in [5.74, 6) is 0.815. The van der Waals surface area contributed by atoms with Crippen LogP contribution in [0.1, 0.15) is 19.4 Å². The predicted molar refractivity (Wildman–Crippen MR) is 76.9 cm³/mol. The van der Waals surface area contributed by atoms with Crippen LogP contribution in [0.3, 0.4) is 0 Å². The Labute approximate surface area is 125 Å². The normalized spacial score (nSPS) is 17.4. The molecule has 1 heterocycles. The smallest absolute Gasteiger partial charge is 0.222 e. The molecular weight excluding hydrogens is 316 g/mol. The van der Waals surface area contributed by atoms with Crippen LogP contribution in [-0.2, 0) is 4.74 Å². The van der Waals surface area contributed by atoms with Crippen molar-refractivity contribution < 1.29 is 4.74 Å². The average Bonchev–Trinajstić information content (AvgIpc) is 2.52. The third-order valence-electron chi connectivity index (χ3n) is 2.42. The van der Waals surface area contributed by atoms with E-state index in [0.717, 1.165) is 0 Å². The highest BCUT2D eigenvalue weighted by Gasteiger charge is 2.35. The van der Waals surface area contributed by atoms with Gasteiger partial charge in [0, 0.05) is 15.6 Å². The van der Waals surface area contributed by atoms with Crippen molar-refractivity contribution in [2.24, 2.45) is 4.99 Å². The summed E-state index contributed by atoms with van der Waals surface area (Å²) in [6, 6.07) is 5.07. The van der Waals surface area contributed by atoms with E-state index in [1.54, 1.807) is 18.2 Å². The molecular formula is C12H9Cl4NO. The molecule has 0 radical (unpaired) electrons. The van der Waals surface area contributed by atoms with Crippen LogP contribution in [0.4, 0.5) is 0 Å². The third-order valence-corrected chi connectivity index (χ3v) is 3.20. The monoisotopic (exact) mass is 323 g/mol. The first-order chi connectivity index (χ1) is 8.29. The molecule has 2 nitrogen and oxygen atoms in total. The van der Waals surface area contributed by atoms with Gasteiger partial charge in [0.2, 0.25) is 5.90 Å². The average molecular weight is 325 g/mol. The van der Waals surface area contributed by atoms with Gasteiger partial charge in [-0.15, -0.1) is 0 Å². The molecule has 2 rings (SSSR count). The van der Waals surface area contributed by atoms with Gasteiger partial charge in [-0.2, -0.15) is 0 Å². The van der Waals surface area contributed by atoms with Crippen molar-refractivity contribution in [1.82, 2.24) is 0 Å². The zero-order valence-electron chi connectivity index (χ0n) is 9.60. The van der Waals surface area contributed by atoms with Gasteiger partial charge in [-0.05, 0) is 32.0 Å². The number of hydrogen-bond acceptors (Lipinski definition) is 2. The molecule has 0 amide bonds. The van der Waals surface area contributed by atoms with Gasteiger partial charge in [0.25, 0.3) is 0 Å². The summed E-state index contributed by atoms with van der Waals surface area (Å²) in [5, 5.41) is 1.02. The van der Waals surface area contributed by atoms with Crippen molar-refractivity contribution in [3.63, 3.8) is 0 Å². The fourth-order valence-electron chi connectivity index (χ4n) is 1.62. The van der Waals surface area contributed by atoms with E-state index < -0.39 is 5.54 Å². The first-order valence-corrected chi connectivity index (χ1v) is 6.61. The van der Waals surface area contributed by atoms with Crippen molar-refractivity contribution in [3.05, 3.63) is 44.1 Å². The molecule has 96 valence electrons. The number of halogens is 4. The molecule has 0 fully saturated rings. The fraction of sp³-hybridized carbons (Fsp3) is 0.250. The van der Waals surface area contributed by atoms with E-state index in [1.165, 1.54) is 0 Å². The molecule has 18 heavy (non-hydrogen) atoms. The van der Waals surface area contributed by atoms with Crippen LogP contribution in [0, 0.1) is 0 Å². The first kappa shape index (κ1) is 14.0. The number of rotatable bonds is 1. The van der Waals surface area contributed by atoms with Gasteiger partial charge in [-0.3, -0.25) is 0 Å². The lowest BCUT2D eigenvalue weighted by atomic mass is 10.1. The van der Waals surface area contributed by atoms with Gasteiger partial charge in [-0.1, -0.05) is 46.4 Å². The Morgan fingerprint density at radius 1 is 1.11 bits per heavy atom. The highest BCUT2D eigenvalue weighted by molar-refractivity contribution is 6.56. The summed E-state index contributed by atoms with van der Waals surface area (Å²) in [5.41, 5.74) is 0.0772. The van der Waals surface area contributed by atoms with E-state index in [-0.39, 0.29) is 4.49 Å². The van der Waals surface area contributed by atoms with Crippen LogP contribution in [0.5, 0.6) is 0 Å². The van der Waals surface area contributed by atoms with Crippen LogP contribution in [0.2, 0.25) is 10.0 Å². The number of benzene rings is 1. The number of aliphatic imine (C=N–C) groups is 1. The first-order valence-electron chi connectivity index (χ1n) is 5.09. The highest BCUT2D eigenvalue weighted by atomic mass is 35.5. The Morgan fingerprint density at radius 3 is 2.11 bits per heavy atom. The zero-order valence-corrected chi connectivity index (χ0v) is 12.6. The fourth-order valence-corrected chi connectivity index (χ4v) is 2.69. The van der Waals surface area contributed by atoms with Crippen LogP contribution in [0.25, 0.3) is 0 Å². The Kier molecular flexibility index (Phi) is 3.84. The van der Waals surface area contributed by atoms with Crippen molar-refractivity contribution in [2.45, 2.75) is 19.4 Å². The highest BCUT2D eigenvalue weighted by Crippen LogP contribution is 2.36. The molecule has 0 bridgehead atoms. The number of hydrogen-bond donors (Lipinski definition) is 0. The van der Waals surface area contributed by atoms with Crippen LogP contribution in [-0.4, -0.2) is 11.4 Å². The van der Waals surface area contributed by atoms with E-state index >= 15 is 0 Å². The quantitative estimate of drug-likeness (QED) is 0.696. The summed E-state index contributed by atoms with van der Waals surface area (Å²) in [6.45, 7) is 3.71. The standard InChI is InChI=1S/C12H9Cl4NO/c1-12(2)9(10(15)16)18-11(17-12)6-3-7(13)5-8(14)4-6/h3-5H,1-2H3. The molecule has 0 spiro atoms. The van der Waals surface area contributed by atoms with Crippen LogP contribution >= 0.6 is 46.4 Å². The number of nitrogens with zero attached hydrogens (tertiary/aromatic N) is 1. The maximum absolute atomic E-state index is 5.94. The Balaban J connectivity index is 2.46. The SMILES string of the molecule is CC1(C)N=C(c2cc(Cl)cc(Cl)c2)OC1=C(Cl)Cl. The van der Waals surface area contributed by atoms with Crippen molar-refractivity contribution in [3.8, 4) is 0 Å². The Hall–Kier alpha value is -0.410. The maximum Gasteiger partial charge on any atom is 0.222 e.